The van der Waals surface area contributed by atoms with E-state index in [1.54, 1.807) is 0 Å². The van der Waals surface area contributed by atoms with Gasteiger partial charge in [0, 0.05) is 11.9 Å². The summed E-state index contributed by atoms with van der Waals surface area (Å²) in [7, 11) is 0. The first-order valence-electron chi connectivity index (χ1n) is 4.15. The van der Waals surface area contributed by atoms with Gasteiger partial charge in [0.05, 0.1) is 0 Å². The lowest BCUT2D eigenvalue weighted by molar-refractivity contribution is 0.832. The molecule has 1 heterocycles. The third kappa shape index (κ3) is 3.17. The molecule has 0 aliphatic carbocycles. The van der Waals surface area contributed by atoms with Crippen LogP contribution in [0.3, 0.4) is 0 Å². The van der Waals surface area contributed by atoms with Crippen molar-refractivity contribution in [1.82, 2.24) is 0 Å². The molecule has 0 N–H and O–H groups in total. The molecule has 0 fully saturated rings. The topological polar surface area (TPSA) is 12.4 Å². The summed E-state index contributed by atoms with van der Waals surface area (Å²) in [6.07, 6.45) is 9.88. The lowest BCUT2D eigenvalue weighted by atomic mass is 10.1. The van der Waals surface area contributed by atoms with Crippen molar-refractivity contribution < 1.29 is 0 Å². The van der Waals surface area contributed by atoms with Gasteiger partial charge in [-0.3, -0.25) is 4.99 Å². The molecular weight excluding hydrogens is 134 g/mol. The fraction of sp³-hybridized carbons (Fsp3) is 0.500. The second kappa shape index (κ2) is 4.12. The molecule has 0 unspecified atom stereocenters. The summed E-state index contributed by atoms with van der Waals surface area (Å²) in [6.45, 7) is 4.17. The molecule has 0 bridgehead atoms. The minimum absolute atomic E-state index is 1.10. The van der Waals surface area contributed by atoms with Crippen LogP contribution in [-0.4, -0.2) is 5.71 Å². The highest BCUT2D eigenvalue weighted by atomic mass is 14.7. The van der Waals surface area contributed by atoms with E-state index in [0.29, 0.717) is 0 Å². The fourth-order valence-corrected chi connectivity index (χ4v) is 1.07. The zero-order chi connectivity index (χ0) is 8.10. The van der Waals surface area contributed by atoms with Crippen LogP contribution < -0.4 is 0 Å². The second-order valence-corrected chi connectivity index (χ2v) is 3.04. The van der Waals surface area contributed by atoms with Crippen LogP contribution in [0.15, 0.2) is 28.9 Å². The van der Waals surface area contributed by atoms with E-state index in [0.717, 1.165) is 5.71 Å². The largest absolute Gasteiger partial charge is 0.262 e. The van der Waals surface area contributed by atoms with Crippen molar-refractivity contribution in [3.05, 3.63) is 23.9 Å². The average Bonchev–Trinajstić information content (AvgIpc) is 2.06. The highest BCUT2D eigenvalue weighted by Crippen LogP contribution is 2.08. The van der Waals surface area contributed by atoms with Crippen molar-refractivity contribution in [2.24, 2.45) is 4.99 Å². The third-order valence-corrected chi connectivity index (χ3v) is 1.79. The van der Waals surface area contributed by atoms with Crippen LogP contribution in [0.4, 0.5) is 0 Å². The Morgan fingerprint density at radius 3 is 3.00 bits per heavy atom. The molecule has 0 spiro atoms. The first-order chi connectivity index (χ1) is 5.29. The van der Waals surface area contributed by atoms with Gasteiger partial charge in [-0.2, -0.15) is 0 Å². The minimum Gasteiger partial charge on any atom is -0.262 e. The summed E-state index contributed by atoms with van der Waals surface area (Å²) in [6, 6.07) is 0. The minimum atomic E-state index is 1.10. The molecule has 0 aromatic heterocycles. The molecule has 0 atom stereocenters. The molecule has 1 nitrogen and oxygen atoms in total. The van der Waals surface area contributed by atoms with Crippen LogP contribution in [0.1, 0.15) is 33.1 Å². The van der Waals surface area contributed by atoms with Gasteiger partial charge in [0.1, 0.15) is 0 Å². The quantitative estimate of drug-likeness (QED) is 0.502. The van der Waals surface area contributed by atoms with Crippen molar-refractivity contribution in [2.75, 3.05) is 0 Å². The van der Waals surface area contributed by atoms with Gasteiger partial charge in [-0.15, -0.1) is 0 Å². The van der Waals surface area contributed by atoms with Crippen molar-refractivity contribution in [3.8, 4) is 0 Å². The van der Waals surface area contributed by atoms with Gasteiger partial charge < -0.3 is 0 Å². The summed E-state index contributed by atoms with van der Waals surface area (Å²) in [5.41, 5.74) is 2.49. The zero-order valence-corrected chi connectivity index (χ0v) is 7.30. The Morgan fingerprint density at radius 1 is 1.36 bits per heavy atom. The maximum absolute atomic E-state index is 4.29. The average molecular weight is 149 g/mol. The van der Waals surface area contributed by atoms with Gasteiger partial charge >= 0.3 is 0 Å². The molecule has 60 valence electrons. The first kappa shape index (κ1) is 8.25. The Kier molecular flexibility index (Phi) is 3.09. The van der Waals surface area contributed by atoms with Gasteiger partial charge in [0.25, 0.3) is 0 Å². The van der Waals surface area contributed by atoms with E-state index in [1.165, 1.54) is 24.8 Å². The molecule has 0 saturated carbocycles. The molecule has 0 radical (unpaired) electrons. The maximum Gasteiger partial charge on any atom is 0.0369 e. The normalized spacial score (nSPS) is 31.8. The molecular formula is C10H15N. The van der Waals surface area contributed by atoms with Crippen LogP contribution in [0.25, 0.3) is 0 Å². The van der Waals surface area contributed by atoms with Crippen LogP contribution in [0.5, 0.6) is 0 Å². The number of aliphatic imine (C=N–C) groups is 1. The number of hydrogen-bond acceptors (Lipinski definition) is 1. The van der Waals surface area contributed by atoms with E-state index in [9.17, 15) is 0 Å². The Hall–Kier alpha value is -0.850. The molecule has 0 aromatic rings. The third-order valence-electron chi connectivity index (χ3n) is 1.79. The second-order valence-electron chi connectivity index (χ2n) is 3.04. The molecule has 1 aliphatic heterocycles. The number of nitrogens with zero attached hydrogens (tertiary/aromatic N) is 1. The van der Waals surface area contributed by atoms with Crippen LogP contribution in [-0.2, 0) is 0 Å². The molecule has 11 heavy (non-hydrogen) atoms. The van der Waals surface area contributed by atoms with Gasteiger partial charge in [-0.1, -0.05) is 11.6 Å². The molecule has 0 saturated heterocycles. The van der Waals surface area contributed by atoms with Gasteiger partial charge in [0.15, 0.2) is 0 Å². The lowest BCUT2D eigenvalue weighted by Gasteiger charge is -1.94. The highest BCUT2D eigenvalue weighted by Gasteiger charge is 1.91. The van der Waals surface area contributed by atoms with Crippen LogP contribution in [0.2, 0.25) is 0 Å². The van der Waals surface area contributed by atoms with Crippen molar-refractivity contribution in [1.29, 1.82) is 0 Å². The van der Waals surface area contributed by atoms with Crippen LogP contribution in [0, 0.1) is 0 Å². The lowest BCUT2D eigenvalue weighted by Crippen LogP contribution is -1.80. The van der Waals surface area contributed by atoms with E-state index in [2.05, 4.69) is 24.1 Å². The number of rotatable bonds is 0. The highest BCUT2D eigenvalue weighted by molar-refractivity contribution is 5.93. The predicted octanol–water partition coefficient (Wildman–Crippen LogP) is 3.09. The van der Waals surface area contributed by atoms with E-state index < -0.39 is 0 Å². The maximum atomic E-state index is 4.29. The first-order valence-corrected chi connectivity index (χ1v) is 4.15. The molecule has 0 aromatic carbocycles. The summed E-state index contributed by atoms with van der Waals surface area (Å²) in [4.78, 5) is 4.29. The molecule has 1 aliphatic rings. The van der Waals surface area contributed by atoms with E-state index >= 15 is 0 Å². The Labute approximate surface area is 68.5 Å². The number of allylic oxidation sites excluding steroid dienone is 3. The van der Waals surface area contributed by atoms with E-state index in [1.807, 2.05) is 13.1 Å². The van der Waals surface area contributed by atoms with E-state index in [4.69, 9.17) is 0 Å². The fourth-order valence-electron chi connectivity index (χ4n) is 1.07. The SMILES string of the molecule is C/C1=C/N=C(C)\C=C/CCC1. The monoisotopic (exact) mass is 149 g/mol. The smallest absolute Gasteiger partial charge is 0.0369 e. The zero-order valence-electron chi connectivity index (χ0n) is 7.30. The van der Waals surface area contributed by atoms with E-state index in [-0.39, 0.29) is 0 Å². The molecule has 0 amide bonds. The van der Waals surface area contributed by atoms with Gasteiger partial charge in [-0.25, -0.2) is 0 Å². The Bertz CT molecular complexity index is 209. The van der Waals surface area contributed by atoms with Crippen LogP contribution >= 0.6 is 0 Å². The van der Waals surface area contributed by atoms with Crippen molar-refractivity contribution in [2.45, 2.75) is 33.1 Å². The Morgan fingerprint density at radius 2 is 2.18 bits per heavy atom. The summed E-state index contributed by atoms with van der Waals surface area (Å²) >= 11 is 0. The summed E-state index contributed by atoms with van der Waals surface area (Å²) in [5.74, 6) is 0. The summed E-state index contributed by atoms with van der Waals surface area (Å²) < 4.78 is 0. The standard InChI is InChI=1S/C10H15N/c1-9-6-4-3-5-7-10(2)11-8-9/h5,7-8H,3-4,6H2,1-2H3/b7-5-,9-8-,11-10-. The Balaban J connectivity index is 2.72. The predicted molar refractivity (Wildman–Crippen MR) is 49.9 cm³/mol. The molecule has 1 rings (SSSR count). The van der Waals surface area contributed by atoms with Crippen molar-refractivity contribution >= 4 is 5.71 Å². The van der Waals surface area contributed by atoms with Gasteiger partial charge in [0.2, 0.25) is 0 Å². The molecule has 1 heteroatoms. The summed E-state index contributed by atoms with van der Waals surface area (Å²) in [5, 5.41) is 0. The van der Waals surface area contributed by atoms with Gasteiger partial charge in [-0.05, 0) is 39.2 Å². The number of hydrogen-bond donors (Lipinski definition) is 0. The van der Waals surface area contributed by atoms with Crippen molar-refractivity contribution in [3.63, 3.8) is 0 Å².